The van der Waals surface area contributed by atoms with Gasteiger partial charge in [0.1, 0.15) is 5.75 Å². The Bertz CT molecular complexity index is 607. The smallest absolute Gasteiger partial charge is 0.434 e. The van der Waals surface area contributed by atoms with Gasteiger partial charge in [0.05, 0.1) is 12.7 Å². The van der Waals surface area contributed by atoms with E-state index in [-0.39, 0.29) is 10.9 Å². The number of alkyl halides is 3. The minimum Gasteiger partial charge on any atom is -0.465 e. The van der Waals surface area contributed by atoms with Gasteiger partial charge in [0.25, 0.3) is 5.19 Å². The summed E-state index contributed by atoms with van der Waals surface area (Å²) < 4.78 is 46.8. The number of rotatable bonds is 3. The Labute approximate surface area is 115 Å². The molecule has 0 saturated carbocycles. The summed E-state index contributed by atoms with van der Waals surface area (Å²) >= 11 is 0.741. The lowest BCUT2D eigenvalue weighted by Gasteiger charge is -2.03. The van der Waals surface area contributed by atoms with E-state index in [2.05, 4.69) is 9.72 Å². The maximum absolute atomic E-state index is 12.4. The van der Waals surface area contributed by atoms with E-state index in [4.69, 9.17) is 4.74 Å². The maximum Gasteiger partial charge on any atom is 0.434 e. The van der Waals surface area contributed by atoms with Gasteiger partial charge in [-0.25, -0.2) is 4.79 Å². The van der Waals surface area contributed by atoms with E-state index in [1.165, 1.54) is 31.4 Å². The number of esters is 1. The van der Waals surface area contributed by atoms with Crippen molar-refractivity contribution in [3.8, 4) is 10.9 Å². The minimum atomic E-state index is -4.49. The van der Waals surface area contributed by atoms with E-state index in [1.807, 2.05) is 0 Å². The predicted molar refractivity (Wildman–Crippen MR) is 65.0 cm³/mol. The fraction of sp³-hybridized carbons (Fsp3) is 0.167. The molecule has 0 aliphatic rings. The molecule has 106 valence electrons. The van der Waals surface area contributed by atoms with Gasteiger partial charge in [-0.15, -0.1) is 0 Å². The predicted octanol–water partition coefficient (Wildman–Crippen LogP) is 3.74. The van der Waals surface area contributed by atoms with Crippen LogP contribution in [0.25, 0.3) is 0 Å². The Balaban J connectivity index is 2.10. The van der Waals surface area contributed by atoms with Crippen molar-refractivity contribution in [1.29, 1.82) is 0 Å². The normalized spacial score (nSPS) is 11.2. The molecule has 0 N–H and O–H groups in total. The van der Waals surface area contributed by atoms with Crippen LogP contribution in [-0.4, -0.2) is 18.1 Å². The quantitative estimate of drug-likeness (QED) is 0.810. The number of ether oxygens (including phenoxy) is 2. The second kappa shape index (κ2) is 5.49. The number of hydrogen-bond donors (Lipinski definition) is 0. The zero-order valence-electron chi connectivity index (χ0n) is 10.1. The fourth-order valence-electron chi connectivity index (χ4n) is 1.31. The molecular formula is C12H8F3NO3S. The van der Waals surface area contributed by atoms with Crippen LogP contribution in [0.5, 0.6) is 10.9 Å². The number of hydrogen-bond acceptors (Lipinski definition) is 5. The van der Waals surface area contributed by atoms with Crippen molar-refractivity contribution in [3.63, 3.8) is 0 Å². The summed E-state index contributed by atoms with van der Waals surface area (Å²) in [6, 6.07) is 5.78. The van der Waals surface area contributed by atoms with E-state index in [1.54, 1.807) is 0 Å². The summed E-state index contributed by atoms with van der Waals surface area (Å²) in [6.07, 6.45) is -4.49. The molecule has 0 aliphatic heterocycles. The monoisotopic (exact) mass is 303 g/mol. The minimum absolute atomic E-state index is 0.122. The Hall–Kier alpha value is -2.09. The Morgan fingerprint density at radius 3 is 2.40 bits per heavy atom. The van der Waals surface area contributed by atoms with Gasteiger partial charge >= 0.3 is 12.1 Å². The van der Waals surface area contributed by atoms with Gasteiger partial charge in [-0.3, -0.25) is 0 Å². The molecule has 0 spiro atoms. The van der Waals surface area contributed by atoms with E-state index in [0.29, 0.717) is 5.56 Å². The summed E-state index contributed by atoms with van der Waals surface area (Å²) in [5, 5.41) is 0.751. The van der Waals surface area contributed by atoms with Gasteiger partial charge in [-0.1, -0.05) is 11.3 Å². The molecule has 1 heterocycles. The average molecular weight is 303 g/mol. The molecular weight excluding hydrogens is 295 g/mol. The molecule has 0 aliphatic carbocycles. The summed E-state index contributed by atoms with van der Waals surface area (Å²) in [5.41, 5.74) is -0.682. The van der Waals surface area contributed by atoms with Gasteiger partial charge in [0.2, 0.25) is 0 Å². The molecule has 0 radical (unpaired) electrons. The van der Waals surface area contributed by atoms with Crippen molar-refractivity contribution in [2.75, 3.05) is 7.11 Å². The molecule has 0 amide bonds. The molecule has 0 unspecified atom stereocenters. The van der Waals surface area contributed by atoms with Crippen LogP contribution < -0.4 is 4.74 Å². The third-order valence-electron chi connectivity index (χ3n) is 2.25. The molecule has 0 saturated heterocycles. The molecule has 1 aromatic heterocycles. The van der Waals surface area contributed by atoms with Crippen LogP contribution in [0.15, 0.2) is 29.6 Å². The van der Waals surface area contributed by atoms with Crippen molar-refractivity contribution < 1.29 is 27.4 Å². The average Bonchev–Trinajstić information content (AvgIpc) is 2.87. The third kappa shape index (κ3) is 3.27. The summed E-state index contributed by atoms with van der Waals surface area (Å²) in [4.78, 5) is 14.5. The number of thiazole rings is 1. The third-order valence-corrected chi connectivity index (χ3v) is 2.97. The van der Waals surface area contributed by atoms with Crippen LogP contribution in [0.4, 0.5) is 13.2 Å². The lowest BCUT2D eigenvalue weighted by Crippen LogP contribution is -2.04. The zero-order valence-corrected chi connectivity index (χ0v) is 10.9. The van der Waals surface area contributed by atoms with Crippen LogP contribution in [-0.2, 0) is 10.9 Å². The summed E-state index contributed by atoms with van der Waals surface area (Å²) in [5.74, 6) is -0.231. The second-order valence-electron chi connectivity index (χ2n) is 3.61. The topological polar surface area (TPSA) is 48.4 Å². The highest BCUT2D eigenvalue weighted by Crippen LogP contribution is 2.34. The van der Waals surface area contributed by atoms with Gasteiger partial charge < -0.3 is 9.47 Å². The van der Waals surface area contributed by atoms with Crippen molar-refractivity contribution in [2.45, 2.75) is 6.18 Å². The molecule has 0 bridgehead atoms. The first kappa shape index (κ1) is 14.3. The highest BCUT2D eigenvalue weighted by molar-refractivity contribution is 7.11. The van der Waals surface area contributed by atoms with Crippen LogP contribution in [0.1, 0.15) is 16.1 Å². The molecule has 1 aromatic carbocycles. The van der Waals surface area contributed by atoms with Gasteiger partial charge in [-0.05, 0) is 24.3 Å². The van der Waals surface area contributed by atoms with Gasteiger partial charge in [0.15, 0.2) is 5.69 Å². The highest BCUT2D eigenvalue weighted by atomic mass is 32.1. The van der Waals surface area contributed by atoms with Gasteiger partial charge in [-0.2, -0.15) is 18.2 Å². The van der Waals surface area contributed by atoms with Crippen molar-refractivity contribution in [1.82, 2.24) is 4.98 Å². The maximum atomic E-state index is 12.4. The molecule has 8 heteroatoms. The molecule has 20 heavy (non-hydrogen) atoms. The molecule has 4 nitrogen and oxygen atoms in total. The molecule has 0 atom stereocenters. The summed E-state index contributed by atoms with van der Waals surface area (Å²) in [6.45, 7) is 0. The summed E-state index contributed by atoms with van der Waals surface area (Å²) in [7, 11) is 1.25. The van der Waals surface area contributed by atoms with Crippen molar-refractivity contribution >= 4 is 17.3 Å². The van der Waals surface area contributed by atoms with E-state index in [0.717, 1.165) is 16.7 Å². The number of methoxy groups -OCH3 is 1. The lowest BCUT2D eigenvalue weighted by atomic mass is 10.2. The van der Waals surface area contributed by atoms with E-state index < -0.39 is 17.8 Å². The number of nitrogens with zero attached hydrogens (tertiary/aromatic N) is 1. The van der Waals surface area contributed by atoms with Crippen LogP contribution in [0.2, 0.25) is 0 Å². The number of benzene rings is 1. The SMILES string of the molecule is COC(=O)c1ccc(Oc2nc(C(F)(F)F)cs2)cc1. The van der Waals surface area contributed by atoms with Crippen molar-refractivity contribution in [3.05, 3.63) is 40.9 Å². The second-order valence-corrected chi connectivity index (χ2v) is 4.44. The van der Waals surface area contributed by atoms with E-state index >= 15 is 0 Å². The number of halogens is 3. The van der Waals surface area contributed by atoms with Gasteiger partial charge in [0, 0.05) is 5.38 Å². The molecule has 2 aromatic rings. The Morgan fingerprint density at radius 1 is 1.25 bits per heavy atom. The number of carbonyl (C=O) groups excluding carboxylic acids is 1. The number of aromatic nitrogens is 1. The standard InChI is InChI=1S/C12H8F3NO3S/c1-18-10(17)7-2-4-8(5-3-7)19-11-16-9(6-20-11)12(13,14)15/h2-6H,1H3. The molecule has 0 fully saturated rings. The first-order valence-corrected chi connectivity index (χ1v) is 6.17. The number of carbonyl (C=O) groups is 1. The fourth-order valence-corrected chi connectivity index (χ4v) is 2.01. The highest BCUT2D eigenvalue weighted by Gasteiger charge is 2.34. The molecule has 2 rings (SSSR count). The largest absolute Gasteiger partial charge is 0.465 e. The van der Waals surface area contributed by atoms with Crippen LogP contribution in [0.3, 0.4) is 0 Å². The first-order chi connectivity index (χ1) is 9.40. The van der Waals surface area contributed by atoms with Crippen molar-refractivity contribution in [2.24, 2.45) is 0 Å². The Morgan fingerprint density at radius 2 is 1.90 bits per heavy atom. The lowest BCUT2D eigenvalue weighted by molar-refractivity contribution is -0.140. The van der Waals surface area contributed by atoms with Crippen LogP contribution >= 0.6 is 11.3 Å². The Kier molecular flexibility index (Phi) is 3.93. The van der Waals surface area contributed by atoms with E-state index in [9.17, 15) is 18.0 Å². The van der Waals surface area contributed by atoms with Crippen LogP contribution in [0, 0.1) is 0 Å². The first-order valence-electron chi connectivity index (χ1n) is 5.29. The zero-order chi connectivity index (χ0) is 14.8.